The van der Waals surface area contributed by atoms with Gasteiger partial charge in [0.25, 0.3) is 5.91 Å². The highest BCUT2D eigenvalue weighted by molar-refractivity contribution is 6.02. The predicted octanol–water partition coefficient (Wildman–Crippen LogP) is 3.89. The molecule has 2 aromatic carbocycles. The van der Waals surface area contributed by atoms with Crippen LogP contribution in [0.1, 0.15) is 42.6 Å². The summed E-state index contributed by atoms with van der Waals surface area (Å²) >= 11 is 0. The highest BCUT2D eigenvalue weighted by Crippen LogP contribution is 2.32. The summed E-state index contributed by atoms with van der Waals surface area (Å²) in [6.07, 6.45) is 2.13. The van der Waals surface area contributed by atoms with Crippen LogP contribution < -0.4 is 15.4 Å². The quantitative estimate of drug-likeness (QED) is 0.824. The number of rotatable bonds is 5. The number of para-hydroxylation sites is 1. The molecule has 1 unspecified atom stereocenters. The second-order valence-corrected chi connectivity index (χ2v) is 5.98. The lowest BCUT2D eigenvalue weighted by atomic mass is 9.96. The number of anilines is 1. The van der Waals surface area contributed by atoms with Crippen LogP contribution in [0.5, 0.6) is 5.75 Å². The molecule has 0 spiro atoms. The van der Waals surface area contributed by atoms with Gasteiger partial charge in [0.1, 0.15) is 11.4 Å². The van der Waals surface area contributed by atoms with Gasteiger partial charge in [-0.15, -0.1) is 0 Å². The normalized spacial score (nSPS) is 19.5. The molecule has 0 saturated heterocycles. The van der Waals surface area contributed by atoms with E-state index in [0.29, 0.717) is 12.2 Å². The van der Waals surface area contributed by atoms with E-state index >= 15 is 0 Å². The zero-order valence-corrected chi connectivity index (χ0v) is 13.6. The first kappa shape index (κ1) is 15.4. The maximum Gasteiger partial charge on any atom is 0.255 e. The van der Waals surface area contributed by atoms with Gasteiger partial charge in [-0.1, -0.05) is 37.6 Å². The Morgan fingerprint density at radius 1 is 1.09 bits per heavy atom. The van der Waals surface area contributed by atoms with Gasteiger partial charge in [-0.3, -0.25) is 4.79 Å². The molecule has 0 fully saturated rings. The van der Waals surface area contributed by atoms with E-state index in [4.69, 9.17) is 4.74 Å². The molecular weight excluding hydrogens is 288 g/mol. The van der Waals surface area contributed by atoms with Crippen molar-refractivity contribution in [2.75, 3.05) is 11.9 Å². The zero-order chi connectivity index (χ0) is 16.3. The molecule has 4 heteroatoms. The molecule has 1 atom stereocenters. The molecule has 2 aromatic rings. The Labute approximate surface area is 136 Å². The minimum Gasteiger partial charge on any atom is -0.494 e. The SMILES string of the molecule is CCCCOc1cccc(C2(C)NC(=O)c3ccccc3N2)c1. The lowest BCUT2D eigenvalue weighted by molar-refractivity contribution is 0.0906. The standard InChI is InChI=1S/C19H22N2O2/c1-3-4-12-23-15-9-7-8-14(13-15)19(2)20-17-11-6-5-10-16(17)18(22)21-19/h5-11,13,20H,3-4,12H2,1-2H3,(H,21,22). The van der Waals surface area contributed by atoms with Gasteiger partial charge in [-0.05, 0) is 37.6 Å². The smallest absolute Gasteiger partial charge is 0.255 e. The van der Waals surface area contributed by atoms with E-state index in [1.807, 2.05) is 55.5 Å². The van der Waals surface area contributed by atoms with E-state index in [0.717, 1.165) is 29.8 Å². The van der Waals surface area contributed by atoms with Crippen LogP contribution in [0.3, 0.4) is 0 Å². The molecule has 0 aromatic heterocycles. The molecule has 120 valence electrons. The van der Waals surface area contributed by atoms with Crippen molar-refractivity contribution in [3.05, 3.63) is 59.7 Å². The van der Waals surface area contributed by atoms with Gasteiger partial charge in [0.2, 0.25) is 0 Å². The largest absolute Gasteiger partial charge is 0.494 e. The monoisotopic (exact) mass is 310 g/mol. The van der Waals surface area contributed by atoms with Crippen molar-refractivity contribution in [1.29, 1.82) is 0 Å². The summed E-state index contributed by atoms with van der Waals surface area (Å²) in [5.74, 6) is 0.756. The van der Waals surface area contributed by atoms with Crippen LogP contribution >= 0.6 is 0 Å². The van der Waals surface area contributed by atoms with Crippen LogP contribution in [0.25, 0.3) is 0 Å². The third-order valence-electron chi connectivity index (χ3n) is 4.10. The van der Waals surface area contributed by atoms with Crippen molar-refractivity contribution >= 4 is 11.6 Å². The number of carbonyl (C=O) groups excluding carboxylic acids is 1. The third kappa shape index (κ3) is 3.16. The number of unbranched alkanes of at least 4 members (excludes halogenated alkanes) is 1. The number of nitrogens with one attached hydrogen (secondary N) is 2. The van der Waals surface area contributed by atoms with E-state index in [-0.39, 0.29) is 5.91 Å². The first-order valence-corrected chi connectivity index (χ1v) is 8.05. The predicted molar refractivity (Wildman–Crippen MR) is 91.7 cm³/mol. The Morgan fingerprint density at radius 3 is 2.74 bits per heavy atom. The third-order valence-corrected chi connectivity index (χ3v) is 4.10. The second kappa shape index (κ2) is 6.32. The van der Waals surface area contributed by atoms with E-state index < -0.39 is 5.66 Å². The van der Waals surface area contributed by atoms with Crippen LogP contribution in [-0.2, 0) is 5.66 Å². The molecule has 1 aliphatic rings. The van der Waals surface area contributed by atoms with Crippen LogP contribution in [0.4, 0.5) is 5.69 Å². The molecule has 1 aliphatic heterocycles. The Kier molecular flexibility index (Phi) is 4.24. The lowest BCUT2D eigenvalue weighted by Gasteiger charge is -2.38. The van der Waals surface area contributed by atoms with E-state index in [1.54, 1.807) is 0 Å². The summed E-state index contributed by atoms with van der Waals surface area (Å²) in [6, 6.07) is 15.4. The summed E-state index contributed by atoms with van der Waals surface area (Å²) in [4.78, 5) is 12.4. The summed E-state index contributed by atoms with van der Waals surface area (Å²) in [5, 5.41) is 6.48. The van der Waals surface area contributed by atoms with Crippen molar-refractivity contribution in [2.45, 2.75) is 32.4 Å². The molecule has 0 saturated carbocycles. The number of ether oxygens (including phenoxy) is 1. The van der Waals surface area contributed by atoms with Crippen molar-refractivity contribution < 1.29 is 9.53 Å². The molecule has 3 rings (SSSR count). The fourth-order valence-electron chi connectivity index (χ4n) is 2.76. The fourth-order valence-corrected chi connectivity index (χ4v) is 2.76. The summed E-state index contributed by atoms with van der Waals surface area (Å²) < 4.78 is 5.78. The Hall–Kier alpha value is -2.49. The van der Waals surface area contributed by atoms with Crippen LogP contribution in [0, 0.1) is 0 Å². The summed E-state index contributed by atoms with van der Waals surface area (Å²) in [6.45, 7) is 4.81. The van der Waals surface area contributed by atoms with Gasteiger partial charge >= 0.3 is 0 Å². The Bertz CT molecular complexity index is 714. The Balaban J connectivity index is 1.86. The van der Waals surface area contributed by atoms with Crippen LogP contribution in [-0.4, -0.2) is 12.5 Å². The average Bonchev–Trinajstić information content (AvgIpc) is 2.55. The number of benzene rings is 2. The minimum atomic E-state index is -0.657. The maximum atomic E-state index is 12.4. The Morgan fingerprint density at radius 2 is 1.91 bits per heavy atom. The van der Waals surface area contributed by atoms with E-state index in [9.17, 15) is 4.79 Å². The molecule has 0 radical (unpaired) electrons. The maximum absolute atomic E-state index is 12.4. The first-order valence-electron chi connectivity index (χ1n) is 8.05. The highest BCUT2D eigenvalue weighted by Gasteiger charge is 2.34. The summed E-state index contributed by atoms with van der Waals surface area (Å²) in [5.41, 5.74) is 1.82. The zero-order valence-electron chi connectivity index (χ0n) is 13.6. The highest BCUT2D eigenvalue weighted by atomic mass is 16.5. The molecule has 0 bridgehead atoms. The van der Waals surface area contributed by atoms with Crippen molar-refractivity contribution in [1.82, 2.24) is 5.32 Å². The number of amides is 1. The van der Waals surface area contributed by atoms with Gasteiger partial charge in [0, 0.05) is 11.3 Å². The van der Waals surface area contributed by atoms with Gasteiger partial charge in [-0.2, -0.15) is 0 Å². The number of fused-ring (bicyclic) bond motifs is 1. The first-order chi connectivity index (χ1) is 11.1. The number of hydrogen-bond acceptors (Lipinski definition) is 3. The van der Waals surface area contributed by atoms with E-state index in [1.165, 1.54) is 0 Å². The van der Waals surface area contributed by atoms with Crippen LogP contribution in [0.2, 0.25) is 0 Å². The van der Waals surface area contributed by atoms with Crippen molar-refractivity contribution in [2.24, 2.45) is 0 Å². The topological polar surface area (TPSA) is 50.4 Å². The number of carbonyl (C=O) groups is 1. The fraction of sp³-hybridized carbons (Fsp3) is 0.316. The summed E-state index contributed by atoms with van der Waals surface area (Å²) in [7, 11) is 0. The van der Waals surface area contributed by atoms with E-state index in [2.05, 4.69) is 17.6 Å². The van der Waals surface area contributed by atoms with Gasteiger partial charge in [0.15, 0.2) is 0 Å². The second-order valence-electron chi connectivity index (χ2n) is 5.98. The average molecular weight is 310 g/mol. The van der Waals surface area contributed by atoms with Gasteiger partial charge in [-0.25, -0.2) is 0 Å². The minimum absolute atomic E-state index is 0.0702. The lowest BCUT2D eigenvalue weighted by Crippen LogP contribution is -2.52. The van der Waals surface area contributed by atoms with Gasteiger partial charge in [0.05, 0.1) is 12.2 Å². The van der Waals surface area contributed by atoms with Crippen molar-refractivity contribution in [3.8, 4) is 5.75 Å². The molecule has 1 heterocycles. The molecule has 0 aliphatic carbocycles. The molecule has 23 heavy (non-hydrogen) atoms. The molecule has 1 amide bonds. The number of hydrogen-bond donors (Lipinski definition) is 2. The molecule has 2 N–H and O–H groups in total. The van der Waals surface area contributed by atoms with Gasteiger partial charge < -0.3 is 15.4 Å². The van der Waals surface area contributed by atoms with Crippen LogP contribution in [0.15, 0.2) is 48.5 Å². The van der Waals surface area contributed by atoms with Crippen molar-refractivity contribution in [3.63, 3.8) is 0 Å². The molecule has 4 nitrogen and oxygen atoms in total. The molecular formula is C19H22N2O2.